The summed E-state index contributed by atoms with van der Waals surface area (Å²) < 4.78 is 0.557. The third kappa shape index (κ3) is 2.31. The van der Waals surface area contributed by atoms with Gasteiger partial charge in [0.15, 0.2) is 0 Å². The van der Waals surface area contributed by atoms with Crippen molar-refractivity contribution >= 4 is 34.2 Å². The lowest BCUT2D eigenvalue weighted by Gasteiger charge is -1.94. The van der Waals surface area contributed by atoms with Crippen LogP contribution in [0.25, 0.3) is 0 Å². The van der Waals surface area contributed by atoms with E-state index in [0.717, 1.165) is 4.91 Å². The second-order valence-corrected chi connectivity index (χ2v) is 4.34. The normalized spacial score (nSPS) is 21.5. The second-order valence-electron chi connectivity index (χ2n) is 2.62. The number of carbonyl (C=O) groups is 1. The Bertz CT molecular complexity index is 233. The van der Waals surface area contributed by atoms with E-state index in [4.69, 9.17) is 12.2 Å². The van der Waals surface area contributed by atoms with E-state index in [1.807, 2.05) is 19.9 Å². The van der Waals surface area contributed by atoms with Crippen molar-refractivity contribution in [2.75, 3.05) is 0 Å². The van der Waals surface area contributed by atoms with Crippen LogP contribution in [0, 0.1) is 5.92 Å². The van der Waals surface area contributed by atoms with Crippen LogP contribution in [0.4, 0.5) is 0 Å². The minimum absolute atomic E-state index is 0.0614. The van der Waals surface area contributed by atoms with Crippen molar-refractivity contribution in [1.82, 2.24) is 5.32 Å². The highest BCUT2D eigenvalue weighted by molar-refractivity contribution is 8.26. The maximum atomic E-state index is 11.0. The van der Waals surface area contributed by atoms with E-state index >= 15 is 0 Å². The number of hydrogen-bond acceptors (Lipinski definition) is 3. The maximum Gasteiger partial charge on any atom is 0.263 e. The average molecular weight is 187 g/mol. The third-order valence-electron chi connectivity index (χ3n) is 1.13. The molecule has 1 saturated heterocycles. The van der Waals surface area contributed by atoms with Crippen LogP contribution in [-0.4, -0.2) is 10.2 Å². The molecule has 0 spiro atoms. The molecular weight excluding hydrogens is 178 g/mol. The molecule has 2 nitrogen and oxygen atoms in total. The molecule has 0 aromatic rings. The molecule has 1 N–H and O–H groups in total. The van der Waals surface area contributed by atoms with Gasteiger partial charge in [-0.1, -0.05) is 43.9 Å². The summed E-state index contributed by atoms with van der Waals surface area (Å²) in [5.41, 5.74) is 0. The molecule has 0 atom stereocenters. The SMILES string of the molecule is CC(C)C=C1SC(=S)NC1=O. The molecule has 0 aromatic carbocycles. The van der Waals surface area contributed by atoms with Gasteiger partial charge in [-0.3, -0.25) is 4.79 Å². The number of hydrogen-bond donors (Lipinski definition) is 1. The van der Waals surface area contributed by atoms with Gasteiger partial charge >= 0.3 is 0 Å². The number of allylic oxidation sites excluding steroid dienone is 1. The zero-order valence-corrected chi connectivity index (χ0v) is 8.01. The van der Waals surface area contributed by atoms with E-state index in [0.29, 0.717) is 10.2 Å². The molecule has 0 aliphatic carbocycles. The van der Waals surface area contributed by atoms with Gasteiger partial charge in [0.2, 0.25) is 0 Å². The molecule has 60 valence electrons. The Morgan fingerprint density at radius 1 is 1.64 bits per heavy atom. The highest BCUT2D eigenvalue weighted by atomic mass is 32.2. The average Bonchev–Trinajstić information content (AvgIpc) is 2.09. The molecule has 4 heteroatoms. The molecule has 11 heavy (non-hydrogen) atoms. The summed E-state index contributed by atoms with van der Waals surface area (Å²) >= 11 is 6.15. The fourth-order valence-corrected chi connectivity index (χ4v) is 1.93. The van der Waals surface area contributed by atoms with Crippen molar-refractivity contribution in [2.45, 2.75) is 13.8 Å². The number of amides is 1. The van der Waals surface area contributed by atoms with Crippen molar-refractivity contribution in [1.29, 1.82) is 0 Å². The predicted molar refractivity (Wildman–Crippen MR) is 51.3 cm³/mol. The molecule has 1 amide bonds. The summed E-state index contributed by atoms with van der Waals surface area (Å²) in [5.74, 6) is 0.331. The Morgan fingerprint density at radius 3 is 2.64 bits per heavy atom. The summed E-state index contributed by atoms with van der Waals surface area (Å²) in [6.45, 7) is 4.06. The lowest BCUT2D eigenvalue weighted by molar-refractivity contribution is -0.115. The first-order chi connectivity index (χ1) is 5.09. The van der Waals surface area contributed by atoms with Crippen molar-refractivity contribution < 1.29 is 4.79 Å². The molecule has 0 radical (unpaired) electrons. The number of carbonyl (C=O) groups excluding carboxylic acids is 1. The van der Waals surface area contributed by atoms with Crippen LogP contribution in [0.15, 0.2) is 11.0 Å². The molecule has 1 fully saturated rings. The largest absolute Gasteiger partial charge is 0.307 e. The van der Waals surface area contributed by atoms with Gasteiger partial charge in [0.05, 0.1) is 4.91 Å². The second kappa shape index (κ2) is 3.36. The Kier molecular flexibility index (Phi) is 2.67. The minimum atomic E-state index is -0.0614. The van der Waals surface area contributed by atoms with Gasteiger partial charge in [-0.2, -0.15) is 0 Å². The fraction of sp³-hybridized carbons (Fsp3) is 0.429. The first-order valence-corrected chi connectivity index (χ1v) is 4.57. The monoisotopic (exact) mass is 187 g/mol. The molecular formula is C7H9NOS2. The standard InChI is InChI=1S/C7H9NOS2/c1-4(2)3-5-6(9)8-7(10)11-5/h3-4H,1-2H3,(H,8,9,10). The highest BCUT2D eigenvalue weighted by Gasteiger charge is 2.21. The van der Waals surface area contributed by atoms with Gasteiger partial charge in [-0.25, -0.2) is 0 Å². The predicted octanol–water partition coefficient (Wildman–Crippen LogP) is 1.67. The topological polar surface area (TPSA) is 29.1 Å². The summed E-state index contributed by atoms with van der Waals surface area (Å²) in [7, 11) is 0. The van der Waals surface area contributed by atoms with Gasteiger partial charge in [0, 0.05) is 0 Å². The van der Waals surface area contributed by atoms with Crippen molar-refractivity contribution in [3.8, 4) is 0 Å². The van der Waals surface area contributed by atoms with Crippen LogP contribution in [0.1, 0.15) is 13.8 Å². The van der Waals surface area contributed by atoms with Gasteiger partial charge < -0.3 is 5.32 Å². The Labute approximate surface area is 75.4 Å². The highest BCUT2D eigenvalue weighted by Crippen LogP contribution is 2.24. The zero-order chi connectivity index (χ0) is 8.43. The molecule has 1 aliphatic heterocycles. The van der Waals surface area contributed by atoms with Crippen LogP contribution in [0.5, 0.6) is 0 Å². The smallest absolute Gasteiger partial charge is 0.263 e. The quantitative estimate of drug-likeness (QED) is 0.500. The van der Waals surface area contributed by atoms with Crippen LogP contribution in [0.3, 0.4) is 0 Å². The molecule has 1 rings (SSSR count). The number of nitrogens with one attached hydrogen (secondary N) is 1. The van der Waals surface area contributed by atoms with E-state index in [1.165, 1.54) is 11.8 Å². The molecule has 1 heterocycles. The maximum absolute atomic E-state index is 11.0. The van der Waals surface area contributed by atoms with E-state index < -0.39 is 0 Å². The summed E-state index contributed by atoms with van der Waals surface area (Å²) in [5, 5.41) is 2.56. The van der Waals surface area contributed by atoms with Gasteiger partial charge in [-0.15, -0.1) is 0 Å². The fourth-order valence-electron chi connectivity index (χ4n) is 0.738. The Morgan fingerprint density at radius 2 is 2.27 bits per heavy atom. The Balaban J connectivity index is 2.75. The lowest BCUT2D eigenvalue weighted by atomic mass is 10.2. The van der Waals surface area contributed by atoms with E-state index in [1.54, 1.807) is 0 Å². The van der Waals surface area contributed by atoms with E-state index in [2.05, 4.69) is 5.32 Å². The van der Waals surface area contributed by atoms with Crippen LogP contribution >= 0.6 is 24.0 Å². The van der Waals surface area contributed by atoms with Crippen LogP contribution in [-0.2, 0) is 4.79 Å². The first-order valence-electron chi connectivity index (χ1n) is 3.34. The minimum Gasteiger partial charge on any atom is -0.307 e. The zero-order valence-electron chi connectivity index (χ0n) is 6.38. The van der Waals surface area contributed by atoms with Crippen LogP contribution in [0.2, 0.25) is 0 Å². The van der Waals surface area contributed by atoms with Gasteiger partial charge in [0.1, 0.15) is 4.32 Å². The van der Waals surface area contributed by atoms with E-state index in [9.17, 15) is 4.79 Å². The summed E-state index contributed by atoms with van der Waals surface area (Å²) in [4.78, 5) is 11.8. The number of thioether (sulfide) groups is 1. The lowest BCUT2D eigenvalue weighted by Crippen LogP contribution is -2.17. The van der Waals surface area contributed by atoms with Crippen LogP contribution < -0.4 is 5.32 Å². The molecule has 0 bridgehead atoms. The first kappa shape index (κ1) is 8.74. The molecule has 1 aliphatic rings. The van der Waals surface area contributed by atoms with E-state index in [-0.39, 0.29) is 5.91 Å². The Hall–Kier alpha value is -0.350. The van der Waals surface area contributed by atoms with Crippen molar-refractivity contribution in [3.05, 3.63) is 11.0 Å². The third-order valence-corrected chi connectivity index (χ3v) is 2.31. The van der Waals surface area contributed by atoms with Crippen molar-refractivity contribution in [2.24, 2.45) is 5.92 Å². The molecule has 0 aromatic heterocycles. The molecule has 0 saturated carbocycles. The summed E-state index contributed by atoms with van der Waals surface area (Å²) in [6.07, 6.45) is 1.92. The van der Waals surface area contributed by atoms with Crippen molar-refractivity contribution in [3.63, 3.8) is 0 Å². The number of thiocarbonyl (C=S) groups is 1. The van der Waals surface area contributed by atoms with Gasteiger partial charge in [-0.05, 0) is 5.92 Å². The summed E-state index contributed by atoms with van der Waals surface area (Å²) in [6, 6.07) is 0. The van der Waals surface area contributed by atoms with Gasteiger partial charge in [0.25, 0.3) is 5.91 Å². The number of rotatable bonds is 1. The molecule has 0 unspecified atom stereocenters.